The molecule has 1 aliphatic rings. The van der Waals surface area contributed by atoms with Crippen molar-refractivity contribution in [3.63, 3.8) is 0 Å². The van der Waals surface area contributed by atoms with Crippen LogP contribution < -0.4 is 10.5 Å². The monoisotopic (exact) mass is 436 g/mol. The van der Waals surface area contributed by atoms with Crippen molar-refractivity contribution in [1.29, 1.82) is 0 Å². The predicted octanol–water partition coefficient (Wildman–Crippen LogP) is 3.83. The van der Waals surface area contributed by atoms with Crippen LogP contribution in [0.15, 0.2) is 58.0 Å². The molecule has 8 nitrogen and oxygen atoms in total. The van der Waals surface area contributed by atoms with Crippen LogP contribution in [-0.4, -0.2) is 31.0 Å². The molecule has 1 saturated heterocycles. The SMILES string of the molecule is Cn1c(-c2ccn(C)c(=O)c2)nnc1N1CCCC1c1cc(-c2cccc(Cl)c2)on1. The fourth-order valence-corrected chi connectivity index (χ4v) is 4.24. The third kappa shape index (κ3) is 3.53. The van der Waals surface area contributed by atoms with E-state index in [1.807, 2.05) is 48.0 Å². The molecule has 1 atom stereocenters. The van der Waals surface area contributed by atoms with Crippen LogP contribution in [0, 0.1) is 0 Å². The lowest BCUT2D eigenvalue weighted by Crippen LogP contribution is -2.25. The summed E-state index contributed by atoms with van der Waals surface area (Å²) >= 11 is 6.11. The van der Waals surface area contributed by atoms with Crippen molar-refractivity contribution < 1.29 is 4.52 Å². The molecule has 158 valence electrons. The first kappa shape index (κ1) is 19.6. The third-order valence-electron chi connectivity index (χ3n) is 5.70. The molecule has 3 aromatic heterocycles. The van der Waals surface area contributed by atoms with Crippen molar-refractivity contribution in [3.8, 4) is 22.7 Å². The molecule has 0 saturated carbocycles. The summed E-state index contributed by atoms with van der Waals surface area (Å²) in [5.41, 5.74) is 2.40. The lowest BCUT2D eigenvalue weighted by Gasteiger charge is -2.23. The Morgan fingerprint density at radius 1 is 1.10 bits per heavy atom. The number of anilines is 1. The zero-order valence-electron chi connectivity index (χ0n) is 17.2. The first-order valence-corrected chi connectivity index (χ1v) is 10.4. The fourth-order valence-electron chi connectivity index (χ4n) is 4.05. The minimum atomic E-state index is -0.0859. The largest absolute Gasteiger partial charge is 0.356 e. The number of halogens is 1. The number of benzene rings is 1. The fraction of sp³-hybridized carbons (Fsp3) is 0.273. The molecule has 0 bridgehead atoms. The van der Waals surface area contributed by atoms with E-state index < -0.39 is 0 Å². The molecular formula is C22H21ClN6O2. The molecule has 0 amide bonds. The Hall–Kier alpha value is -3.39. The summed E-state index contributed by atoms with van der Waals surface area (Å²) in [5.74, 6) is 2.08. The van der Waals surface area contributed by atoms with Crippen molar-refractivity contribution in [2.75, 3.05) is 11.4 Å². The van der Waals surface area contributed by atoms with Crippen molar-refractivity contribution in [1.82, 2.24) is 24.5 Å². The lowest BCUT2D eigenvalue weighted by atomic mass is 10.1. The van der Waals surface area contributed by atoms with Gasteiger partial charge in [0.15, 0.2) is 11.6 Å². The molecular weight excluding hydrogens is 416 g/mol. The van der Waals surface area contributed by atoms with Gasteiger partial charge >= 0.3 is 0 Å². The summed E-state index contributed by atoms with van der Waals surface area (Å²) in [5, 5.41) is 13.8. The number of hydrogen-bond donors (Lipinski definition) is 0. The number of aryl methyl sites for hydroxylation is 1. The van der Waals surface area contributed by atoms with Gasteiger partial charge < -0.3 is 14.0 Å². The number of pyridine rings is 1. The minimum Gasteiger partial charge on any atom is -0.356 e. The summed E-state index contributed by atoms with van der Waals surface area (Å²) in [6, 6.07) is 13.0. The summed E-state index contributed by atoms with van der Waals surface area (Å²) in [7, 11) is 3.64. The van der Waals surface area contributed by atoms with E-state index in [2.05, 4.69) is 20.3 Å². The number of hydrogen-bond acceptors (Lipinski definition) is 6. The van der Waals surface area contributed by atoms with Crippen LogP contribution >= 0.6 is 11.6 Å². The highest BCUT2D eigenvalue weighted by atomic mass is 35.5. The average Bonchev–Trinajstić information content (AvgIpc) is 3.49. The average molecular weight is 437 g/mol. The van der Waals surface area contributed by atoms with Gasteiger partial charge in [0.1, 0.15) is 5.69 Å². The molecule has 1 aliphatic heterocycles. The van der Waals surface area contributed by atoms with Gasteiger partial charge in [0.05, 0.1) is 6.04 Å². The van der Waals surface area contributed by atoms with E-state index in [0.717, 1.165) is 42.2 Å². The normalized spacial score (nSPS) is 16.2. The van der Waals surface area contributed by atoms with Gasteiger partial charge in [-0.2, -0.15) is 0 Å². The van der Waals surface area contributed by atoms with Gasteiger partial charge in [-0.15, -0.1) is 10.2 Å². The van der Waals surface area contributed by atoms with Gasteiger partial charge in [-0.1, -0.05) is 28.9 Å². The second kappa shape index (κ2) is 7.70. The molecule has 5 rings (SSSR count). The van der Waals surface area contributed by atoms with Gasteiger partial charge in [0, 0.05) is 55.1 Å². The molecule has 0 radical (unpaired) electrons. The highest BCUT2D eigenvalue weighted by molar-refractivity contribution is 6.30. The molecule has 0 aliphatic carbocycles. The Balaban J connectivity index is 1.46. The first-order chi connectivity index (χ1) is 15.0. The van der Waals surface area contributed by atoms with Crippen LogP contribution in [0.3, 0.4) is 0 Å². The van der Waals surface area contributed by atoms with Crippen molar-refractivity contribution in [2.45, 2.75) is 18.9 Å². The molecule has 1 fully saturated rings. The van der Waals surface area contributed by atoms with Crippen molar-refractivity contribution >= 4 is 17.5 Å². The molecule has 4 aromatic rings. The maximum Gasteiger partial charge on any atom is 0.250 e. The maximum atomic E-state index is 12.0. The highest BCUT2D eigenvalue weighted by Crippen LogP contribution is 2.37. The Labute approximate surface area is 183 Å². The molecule has 31 heavy (non-hydrogen) atoms. The first-order valence-electron chi connectivity index (χ1n) is 10.1. The van der Waals surface area contributed by atoms with E-state index in [4.69, 9.17) is 16.1 Å². The van der Waals surface area contributed by atoms with Crippen LogP contribution in [0.4, 0.5) is 5.95 Å². The molecule has 4 heterocycles. The van der Waals surface area contributed by atoms with Gasteiger partial charge in [-0.25, -0.2) is 0 Å². The van der Waals surface area contributed by atoms with Crippen LogP contribution in [0.1, 0.15) is 24.6 Å². The van der Waals surface area contributed by atoms with E-state index in [0.29, 0.717) is 16.6 Å². The Morgan fingerprint density at radius 2 is 1.97 bits per heavy atom. The number of aromatic nitrogens is 5. The summed E-state index contributed by atoms with van der Waals surface area (Å²) < 4.78 is 9.07. The number of nitrogens with zero attached hydrogens (tertiary/aromatic N) is 6. The van der Waals surface area contributed by atoms with Gasteiger partial charge in [0.2, 0.25) is 5.95 Å². The minimum absolute atomic E-state index is 0.0380. The number of rotatable bonds is 4. The van der Waals surface area contributed by atoms with Crippen LogP contribution in [-0.2, 0) is 14.1 Å². The third-order valence-corrected chi connectivity index (χ3v) is 5.94. The van der Waals surface area contributed by atoms with Gasteiger partial charge in [-0.05, 0) is 31.0 Å². The Kier molecular flexibility index (Phi) is 4.86. The van der Waals surface area contributed by atoms with E-state index in [1.165, 1.54) is 4.57 Å². The van der Waals surface area contributed by atoms with Crippen molar-refractivity contribution in [2.24, 2.45) is 14.1 Å². The quantitative estimate of drug-likeness (QED) is 0.483. The summed E-state index contributed by atoms with van der Waals surface area (Å²) in [6.07, 6.45) is 3.69. The van der Waals surface area contributed by atoms with Gasteiger partial charge in [0.25, 0.3) is 5.56 Å². The Morgan fingerprint density at radius 3 is 2.77 bits per heavy atom. The highest BCUT2D eigenvalue weighted by Gasteiger charge is 2.32. The lowest BCUT2D eigenvalue weighted by molar-refractivity contribution is 0.416. The Bertz CT molecular complexity index is 1310. The smallest absolute Gasteiger partial charge is 0.250 e. The second-order valence-electron chi connectivity index (χ2n) is 7.72. The zero-order chi connectivity index (χ0) is 21.5. The standard InChI is InChI=1S/C22H21ClN6O2/c1-27-10-8-15(12-20(27)30)21-24-25-22(28(21)2)29-9-4-7-18(29)17-13-19(31-26-17)14-5-3-6-16(23)11-14/h3,5-6,8,10-13,18H,4,7,9H2,1-2H3. The molecule has 0 spiro atoms. The van der Waals surface area contributed by atoms with E-state index in [1.54, 1.807) is 19.3 Å². The van der Waals surface area contributed by atoms with E-state index >= 15 is 0 Å². The van der Waals surface area contributed by atoms with Crippen LogP contribution in [0.25, 0.3) is 22.7 Å². The van der Waals surface area contributed by atoms with Crippen LogP contribution in [0.5, 0.6) is 0 Å². The molecule has 1 aromatic carbocycles. The second-order valence-corrected chi connectivity index (χ2v) is 8.16. The maximum absolute atomic E-state index is 12.0. The molecule has 1 unspecified atom stereocenters. The van der Waals surface area contributed by atoms with E-state index in [-0.39, 0.29) is 11.6 Å². The molecule has 0 N–H and O–H groups in total. The summed E-state index contributed by atoms with van der Waals surface area (Å²) in [6.45, 7) is 0.840. The van der Waals surface area contributed by atoms with Gasteiger partial charge in [-0.3, -0.25) is 9.36 Å². The molecule has 9 heteroatoms. The van der Waals surface area contributed by atoms with Crippen molar-refractivity contribution in [3.05, 3.63) is 69.7 Å². The predicted molar refractivity (Wildman–Crippen MR) is 118 cm³/mol. The zero-order valence-corrected chi connectivity index (χ0v) is 18.0. The topological polar surface area (TPSA) is 82.0 Å². The van der Waals surface area contributed by atoms with E-state index in [9.17, 15) is 4.79 Å². The summed E-state index contributed by atoms with van der Waals surface area (Å²) in [4.78, 5) is 14.2. The van der Waals surface area contributed by atoms with Crippen LogP contribution in [0.2, 0.25) is 5.02 Å².